The van der Waals surface area contributed by atoms with E-state index >= 15 is 0 Å². The van der Waals surface area contributed by atoms with Gasteiger partial charge in [-0.1, -0.05) is 19.4 Å². The Kier molecular flexibility index (Phi) is 5.86. The highest BCUT2D eigenvalue weighted by Crippen LogP contribution is 2.72. The van der Waals surface area contributed by atoms with Gasteiger partial charge in [0.2, 0.25) is 5.78 Å². The first-order valence-electron chi connectivity index (χ1n) is 13.8. The Bertz CT molecular complexity index is 1660. The number of carbonyl (C=O) groups is 2. The number of fused-ring (bicyclic) bond motifs is 4. The number of aliphatic hydroxyl groups is 6. The van der Waals surface area contributed by atoms with Crippen molar-refractivity contribution in [1.29, 1.82) is 0 Å². The number of benzene rings is 1. The molecule has 43 heavy (non-hydrogen) atoms. The molecule has 1 aromatic carbocycles. The molecule has 1 aliphatic heterocycles. The molecule has 0 radical (unpaired) electrons. The van der Waals surface area contributed by atoms with Crippen LogP contribution in [0.25, 0.3) is 0 Å². The molecule has 0 aromatic heterocycles. The Hall–Kier alpha value is -4.74. The van der Waals surface area contributed by atoms with Gasteiger partial charge in [0.25, 0.3) is 0 Å². The quantitative estimate of drug-likeness (QED) is 0.220. The summed E-state index contributed by atoms with van der Waals surface area (Å²) in [4.78, 5) is 27.1. The predicted molar refractivity (Wildman–Crippen MR) is 147 cm³/mol. The average molecular weight is 597 g/mol. The third-order valence-corrected chi connectivity index (χ3v) is 9.78. The molecule has 4 unspecified atom stereocenters. The Labute approximate surface area is 245 Å². The van der Waals surface area contributed by atoms with E-state index in [9.17, 15) is 50.4 Å². The molecule has 1 heterocycles. The summed E-state index contributed by atoms with van der Waals surface area (Å²) in [7, 11) is 0. The smallest absolute Gasteiger partial charge is 0.316 e. The maximum absolute atomic E-state index is 13.7. The molecule has 4 aliphatic carbocycles. The fourth-order valence-corrected chi connectivity index (χ4v) is 7.39. The molecule has 12 nitrogen and oxygen atoms in total. The summed E-state index contributed by atoms with van der Waals surface area (Å²) < 4.78 is 12.6. The van der Waals surface area contributed by atoms with Gasteiger partial charge >= 0.3 is 5.97 Å². The third-order valence-electron chi connectivity index (χ3n) is 9.78. The number of rotatable bonds is 2. The summed E-state index contributed by atoms with van der Waals surface area (Å²) in [5, 5.41) is 83.0. The van der Waals surface area contributed by atoms with Gasteiger partial charge in [-0.15, -0.1) is 0 Å². The second-order valence-electron chi connectivity index (χ2n) is 12.6. The van der Waals surface area contributed by atoms with E-state index in [1.807, 2.05) is 0 Å². The Morgan fingerprint density at radius 3 is 2.28 bits per heavy atom. The van der Waals surface area contributed by atoms with Crippen LogP contribution >= 0.6 is 0 Å². The van der Waals surface area contributed by atoms with Crippen LogP contribution in [0.15, 0.2) is 70.0 Å². The minimum Gasteiger partial charge on any atom is -0.508 e. The Balaban J connectivity index is 1.48. The molecule has 1 saturated carbocycles. The topological polar surface area (TPSA) is 214 Å². The zero-order valence-electron chi connectivity index (χ0n) is 23.6. The number of phenolic OH excluding ortho intramolecular Hbond substituents is 2. The fraction of sp³-hybridized carbons (Fsp3) is 0.419. The highest BCUT2D eigenvalue weighted by atomic mass is 16.6. The van der Waals surface area contributed by atoms with Crippen LogP contribution in [0.1, 0.15) is 45.6 Å². The average Bonchev–Trinajstić information content (AvgIpc) is 3.38. The molecule has 228 valence electrons. The van der Waals surface area contributed by atoms with Gasteiger partial charge in [0.1, 0.15) is 34.9 Å². The van der Waals surface area contributed by atoms with E-state index < -0.39 is 74.9 Å². The van der Waals surface area contributed by atoms with Crippen LogP contribution in [0.4, 0.5) is 0 Å². The number of hydrogen-bond donors (Lipinski definition) is 8. The summed E-state index contributed by atoms with van der Waals surface area (Å²) in [6.45, 7) is 4.88. The minimum atomic E-state index is -1.61. The Morgan fingerprint density at radius 1 is 0.907 bits per heavy atom. The van der Waals surface area contributed by atoms with Crippen LogP contribution in [0.5, 0.6) is 17.2 Å². The van der Waals surface area contributed by atoms with E-state index in [0.717, 1.165) is 12.1 Å². The number of allylic oxidation sites excluding steroid dienone is 5. The first-order valence-corrected chi connectivity index (χ1v) is 13.8. The standard InChI is InChI=1S/C31H32O12/c1-12-4-17(34)26(39)24-14(12)7-22-30(3,11-20(37)27(24)40)31(22)23(8-15-16(33)5-13(32)6-21(15)43-31)42-28(41)29(2)9-18(35)25(38)19(36)10-29/h5-6,9,11-12,22-23,32-39H,4,7-8,10H2,1-3H3/t12?,22?,23-,29?,30?,31+/m1/s1. The zero-order valence-corrected chi connectivity index (χ0v) is 23.6. The van der Waals surface area contributed by atoms with Crippen molar-refractivity contribution in [3.8, 4) is 17.2 Å². The summed E-state index contributed by atoms with van der Waals surface area (Å²) in [6, 6.07) is 2.41. The van der Waals surface area contributed by atoms with Crippen molar-refractivity contribution in [1.82, 2.24) is 0 Å². The van der Waals surface area contributed by atoms with Crippen LogP contribution in [-0.2, 0) is 20.7 Å². The Morgan fingerprint density at radius 2 is 1.60 bits per heavy atom. The van der Waals surface area contributed by atoms with Gasteiger partial charge in [0.05, 0.1) is 11.0 Å². The van der Waals surface area contributed by atoms with Gasteiger partial charge in [-0.3, -0.25) is 9.59 Å². The zero-order chi connectivity index (χ0) is 31.4. The number of hydrogen-bond acceptors (Lipinski definition) is 12. The van der Waals surface area contributed by atoms with Gasteiger partial charge in [-0.25, -0.2) is 0 Å². The number of Topliss-reactive ketones (excluding diaryl/α,β-unsaturated/α-hetero) is 1. The number of aliphatic hydroxyl groups excluding tert-OH is 6. The normalized spacial score (nSPS) is 35.1. The van der Waals surface area contributed by atoms with Gasteiger partial charge in [0, 0.05) is 48.3 Å². The first-order chi connectivity index (χ1) is 20.0. The summed E-state index contributed by atoms with van der Waals surface area (Å²) >= 11 is 0. The number of carbonyl (C=O) groups excluding carboxylic acids is 2. The van der Waals surface area contributed by atoms with Crippen LogP contribution in [-0.4, -0.2) is 64.3 Å². The lowest BCUT2D eigenvalue weighted by Gasteiger charge is -2.39. The van der Waals surface area contributed by atoms with Crippen molar-refractivity contribution in [2.75, 3.05) is 0 Å². The molecular weight excluding hydrogens is 564 g/mol. The molecule has 1 fully saturated rings. The number of ether oxygens (including phenoxy) is 2. The molecule has 0 saturated heterocycles. The lowest BCUT2D eigenvalue weighted by atomic mass is 9.79. The monoisotopic (exact) mass is 596 g/mol. The molecule has 5 aliphatic rings. The van der Waals surface area contributed by atoms with Crippen molar-refractivity contribution in [3.63, 3.8) is 0 Å². The van der Waals surface area contributed by atoms with Gasteiger partial charge < -0.3 is 50.3 Å². The van der Waals surface area contributed by atoms with E-state index in [2.05, 4.69) is 0 Å². The van der Waals surface area contributed by atoms with E-state index in [1.165, 1.54) is 19.1 Å². The van der Waals surface area contributed by atoms with Crippen molar-refractivity contribution in [2.45, 2.75) is 58.2 Å². The molecule has 6 atom stereocenters. The van der Waals surface area contributed by atoms with E-state index in [1.54, 1.807) is 13.8 Å². The molecule has 0 bridgehead atoms. The molecule has 1 aromatic rings. The number of esters is 1. The highest BCUT2D eigenvalue weighted by molar-refractivity contribution is 6.10. The third kappa shape index (κ3) is 3.81. The lowest BCUT2D eigenvalue weighted by Crippen LogP contribution is -2.49. The number of phenols is 2. The van der Waals surface area contributed by atoms with Crippen LogP contribution in [0.3, 0.4) is 0 Å². The highest BCUT2D eigenvalue weighted by Gasteiger charge is 2.81. The molecule has 1 spiro atoms. The van der Waals surface area contributed by atoms with Crippen molar-refractivity contribution in [3.05, 3.63) is 75.5 Å². The number of ketones is 1. The summed E-state index contributed by atoms with van der Waals surface area (Å²) in [5.41, 5.74) is -3.71. The van der Waals surface area contributed by atoms with Gasteiger partial charge in [0.15, 0.2) is 28.6 Å². The summed E-state index contributed by atoms with van der Waals surface area (Å²) in [5.74, 6) is -7.01. The van der Waals surface area contributed by atoms with E-state index in [-0.39, 0.29) is 59.8 Å². The lowest BCUT2D eigenvalue weighted by molar-refractivity contribution is -0.168. The van der Waals surface area contributed by atoms with Crippen molar-refractivity contribution < 1.29 is 59.9 Å². The number of aromatic hydroxyl groups is 2. The molecule has 8 N–H and O–H groups in total. The van der Waals surface area contributed by atoms with Crippen LogP contribution < -0.4 is 4.74 Å². The second kappa shape index (κ2) is 8.88. The maximum atomic E-state index is 13.7. The fourth-order valence-electron chi connectivity index (χ4n) is 7.39. The first kappa shape index (κ1) is 28.4. The van der Waals surface area contributed by atoms with E-state index in [4.69, 9.17) is 9.47 Å². The maximum Gasteiger partial charge on any atom is 0.316 e. The second-order valence-corrected chi connectivity index (χ2v) is 12.6. The van der Waals surface area contributed by atoms with Gasteiger partial charge in [-0.05, 0) is 31.4 Å². The SMILES string of the molecule is CC1CC(O)=C(O)C2=C1CC1C(C)(C=C(O)C2=O)[C@]12Oc1cc(O)cc(O)c1C[C@H]2OC(=O)C1(C)C=C(O)C(O)=C(O)C1. The van der Waals surface area contributed by atoms with Crippen LogP contribution in [0, 0.1) is 22.7 Å². The summed E-state index contributed by atoms with van der Waals surface area (Å²) in [6.07, 6.45) is 0.899. The van der Waals surface area contributed by atoms with Crippen LogP contribution in [0.2, 0.25) is 0 Å². The molecule has 6 rings (SSSR count). The predicted octanol–water partition coefficient (Wildman–Crippen LogP) is 4.58. The van der Waals surface area contributed by atoms with Gasteiger partial charge in [-0.2, -0.15) is 0 Å². The minimum absolute atomic E-state index is 0.0563. The van der Waals surface area contributed by atoms with Crippen molar-refractivity contribution in [2.24, 2.45) is 22.7 Å². The molecular formula is C31H32O12. The molecule has 12 heteroatoms. The molecule has 0 amide bonds. The largest absolute Gasteiger partial charge is 0.508 e. The van der Waals surface area contributed by atoms with Crippen molar-refractivity contribution >= 4 is 11.8 Å². The van der Waals surface area contributed by atoms with E-state index in [0.29, 0.717) is 5.57 Å².